The predicted molar refractivity (Wildman–Crippen MR) is 72.5 cm³/mol. The molecule has 0 atom stereocenters. The third-order valence-electron chi connectivity index (χ3n) is 2.73. The summed E-state index contributed by atoms with van der Waals surface area (Å²) < 4.78 is 26.4. The van der Waals surface area contributed by atoms with Crippen LogP contribution >= 0.6 is 15.9 Å². The van der Waals surface area contributed by atoms with E-state index in [9.17, 15) is 13.5 Å². The molecular weight excluding hydrogens is 322 g/mol. The van der Waals surface area contributed by atoms with Crippen molar-refractivity contribution in [1.29, 1.82) is 0 Å². The number of nitrogens with two attached hydrogens (primary N) is 1. The highest BCUT2D eigenvalue weighted by molar-refractivity contribution is 9.10. The molecule has 3 N–H and O–H groups in total. The molecule has 8 heteroatoms. The van der Waals surface area contributed by atoms with E-state index in [-0.39, 0.29) is 17.3 Å². The van der Waals surface area contributed by atoms with E-state index in [0.717, 1.165) is 4.31 Å². The van der Waals surface area contributed by atoms with Crippen LogP contribution in [0.5, 0.6) is 0 Å². The lowest BCUT2D eigenvalue weighted by molar-refractivity contribution is 0.138. The summed E-state index contributed by atoms with van der Waals surface area (Å²) in [6, 6.07) is 1.39. The fourth-order valence-electron chi connectivity index (χ4n) is 1.21. The minimum absolute atomic E-state index is 0.0706. The lowest BCUT2D eigenvalue weighted by Gasteiger charge is -2.32. The van der Waals surface area contributed by atoms with Gasteiger partial charge in [-0.15, -0.1) is 0 Å². The van der Waals surface area contributed by atoms with Crippen LogP contribution in [0.2, 0.25) is 0 Å². The first-order valence-electron chi connectivity index (χ1n) is 5.14. The van der Waals surface area contributed by atoms with Crippen molar-refractivity contribution in [3.8, 4) is 0 Å². The lowest BCUT2D eigenvalue weighted by Crippen LogP contribution is -2.47. The Morgan fingerprint density at radius 2 is 2.11 bits per heavy atom. The predicted octanol–water partition coefficient (Wildman–Crippen LogP) is 0.818. The Bertz CT molecular complexity index is 545. The number of aliphatic hydroxyl groups is 1. The number of rotatable bonds is 4. The zero-order chi connectivity index (χ0) is 14.1. The van der Waals surface area contributed by atoms with Crippen molar-refractivity contribution in [2.24, 2.45) is 0 Å². The second-order valence-corrected chi connectivity index (χ2v) is 7.33. The molecule has 6 nitrogen and oxygen atoms in total. The van der Waals surface area contributed by atoms with E-state index in [0.29, 0.717) is 4.47 Å². The average Bonchev–Trinajstić information content (AvgIpc) is 2.31. The fourth-order valence-corrected chi connectivity index (χ4v) is 3.29. The first-order valence-corrected chi connectivity index (χ1v) is 7.37. The second kappa shape index (κ2) is 5.12. The number of anilines is 1. The largest absolute Gasteiger partial charge is 0.394 e. The minimum atomic E-state index is -3.81. The molecule has 0 spiro atoms. The van der Waals surface area contributed by atoms with Gasteiger partial charge < -0.3 is 10.8 Å². The van der Waals surface area contributed by atoms with E-state index >= 15 is 0 Å². The Hall–Kier alpha value is -0.700. The summed E-state index contributed by atoms with van der Waals surface area (Å²) in [6.07, 6.45) is 1.42. The monoisotopic (exact) mass is 337 g/mol. The molecule has 0 aromatic carbocycles. The minimum Gasteiger partial charge on any atom is -0.394 e. The van der Waals surface area contributed by atoms with Crippen LogP contribution in [0, 0.1) is 0 Å². The van der Waals surface area contributed by atoms with Crippen molar-refractivity contribution < 1.29 is 13.5 Å². The summed E-state index contributed by atoms with van der Waals surface area (Å²) in [7, 11) is -2.41. The van der Waals surface area contributed by atoms with Crippen molar-refractivity contribution in [1.82, 2.24) is 9.29 Å². The number of likely N-dealkylation sites (N-methyl/N-ethyl adjacent to an activating group) is 1. The third kappa shape index (κ3) is 2.82. The molecule has 0 aliphatic carbocycles. The van der Waals surface area contributed by atoms with Gasteiger partial charge in [-0.2, -0.15) is 4.31 Å². The van der Waals surface area contributed by atoms with Gasteiger partial charge in [-0.1, -0.05) is 0 Å². The topological polar surface area (TPSA) is 96.5 Å². The Morgan fingerprint density at radius 1 is 1.56 bits per heavy atom. The Morgan fingerprint density at radius 3 is 2.61 bits per heavy atom. The number of nitrogens with zero attached hydrogens (tertiary/aromatic N) is 2. The van der Waals surface area contributed by atoms with Gasteiger partial charge in [0.1, 0.15) is 10.7 Å². The van der Waals surface area contributed by atoms with E-state index in [4.69, 9.17) is 5.73 Å². The average molecular weight is 338 g/mol. The number of nitrogen functional groups attached to an aromatic ring is 1. The summed E-state index contributed by atoms with van der Waals surface area (Å²) in [5.41, 5.74) is 4.67. The van der Waals surface area contributed by atoms with Crippen LogP contribution in [-0.4, -0.2) is 42.0 Å². The maximum atomic E-state index is 12.4. The molecule has 0 fully saturated rings. The molecule has 0 unspecified atom stereocenters. The van der Waals surface area contributed by atoms with Crippen molar-refractivity contribution in [2.75, 3.05) is 19.4 Å². The number of hydrogen-bond donors (Lipinski definition) is 2. The molecule has 0 amide bonds. The normalized spacial score (nSPS) is 13.0. The standard InChI is InChI=1S/C10H16BrN3O3S/c1-10(2,6-15)14(3)18(16,17)8-4-7(11)5-13-9(8)12/h4-5,15H,6H2,1-3H3,(H2,12,13). The molecule has 1 aromatic heterocycles. The molecule has 0 aliphatic heterocycles. The summed E-state index contributed by atoms with van der Waals surface area (Å²) >= 11 is 3.16. The Kier molecular flexibility index (Phi) is 4.37. The molecular formula is C10H16BrN3O3S. The second-order valence-electron chi connectivity index (χ2n) is 4.48. The Labute approximate surface area is 115 Å². The smallest absolute Gasteiger partial charge is 0.247 e. The van der Waals surface area contributed by atoms with Crippen LogP contribution in [0.4, 0.5) is 5.82 Å². The van der Waals surface area contributed by atoms with E-state index in [2.05, 4.69) is 20.9 Å². The first kappa shape index (κ1) is 15.4. The van der Waals surface area contributed by atoms with Gasteiger partial charge in [0, 0.05) is 17.7 Å². The van der Waals surface area contributed by atoms with Gasteiger partial charge in [-0.05, 0) is 35.8 Å². The van der Waals surface area contributed by atoms with Crippen molar-refractivity contribution in [2.45, 2.75) is 24.3 Å². The van der Waals surface area contributed by atoms with Crippen LogP contribution in [0.25, 0.3) is 0 Å². The van der Waals surface area contributed by atoms with Gasteiger partial charge in [0.2, 0.25) is 10.0 Å². The van der Waals surface area contributed by atoms with Crippen LogP contribution in [-0.2, 0) is 10.0 Å². The van der Waals surface area contributed by atoms with Gasteiger partial charge >= 0.3 is 0 Å². The molecule has 1 aromatic rings. The molecule has 18 heavy (non-hydrogen) atoms. The van der Waals surface area contributed by atoms with Gasteiger partial charge in [0.15, 0.2) is 0 Å². The number of aliphatic hydroxyl groups excluding tert-OH is 1. The molecule has 0 saturated heterocycles. The maximum absolute atomic E-state index is 12.4. The van der Waals surface area contributed by atoms with Crippen LogP contribution in [0.3, 0.4) is 0 Å². The third-order valence-corrected chi connectivity index (χ3v) is 5.26. The van der Waals surface area contributed by atoms with Crippen molar-refractivity contribution in [3.05, 3.63) is 16.7 Å². The number of aromatic nitrogens is 1. The number of pyridine rings is 1. The van der Waals surface area contributed by atoms with Crippen LogP contribution in [0.15, 0.2) is 21.6 Å². The molecule has 1 heterocycles. The lowest BCUT2D eigenvalue weighted by atomic mass is 10.1. The summed E-state index contributed by atoms with van der Waals surface area (Å²) in [6.45, 7) is 2.93. The highest BCUT2D eigenvalue weighted by atomic mass is 79.9. The number of sulfonamides is 1. The van der Waals surface area contributed by atoms with Crippen LogP contribution < -0.4 is 5.73 Å². The summed E-state index contributed by atoms with van der Waals surface area (Å²) in [4.78, 5) is 3.72. The SMILES string of the molecule is CN(C(C)(C)CO)S(=O)(=O)c1cc(Br)cnc1N. The van der Waals surface area contributed by atoms with E-state index in [1.807, 2.05) is 0 Å². The van der Waals surface area contributed by atoms with Gasteiger partial charge in [0.25, 0.3) is 0 Å². The molecule has 0 radical (unpaired) electrons. The summed E-state index contributed by atoms with van der Waals surface area (Å²) in [5.74, 6) is -0.0706. The van der Waals surface area contributed by atoms with Crippen LogP contribution in [0.1, 0.15) is 13.8 Å². The Balaban J connectivity index is 3.34. The highest BCUT2D eigenvalue weighted by Gasteiger charge is 2.35. The van der Waals surface area contributed by atoms with Gasteiger partial charge in [0.05, 0.1) is 12.1 Å². The van der Waals surface area contributed by atoms with E-state index in [1.54, 1.807) is 13.8 Å². The first-order chi connectivity index (χ1) is 8.13. The zero-order valence-electron chi connectivity index (χ0n) is 10.4. The quantitative estimate of drug-likeness (QED) is 0.847. The van der Waals surface area contributed by atoms with Crippen molar-refractivity contribution >= 4 is 31.8 Å². The molecule has 1 rings (SSSR count). The van der Waals surface area contributed by atoms with E-state index in [1.165, 1.54) is 19.3 Å². The van der Waals surface area contributed by atoms with E-state index < -0.39 is 15.6 Å². The molecule has 0 aliphatic rings. The molecule has 0 bridgehead atoms. The zero-order valence-corrected chi connectivity index (χ0v) is 12.8. The summed E-state index contributed by atoms with van der Waals surface area (Å²) in [5, 5.41) is 9.24. The molecule has 0 saturated carbocycles. The maximum Gasteiger partial charge on any atom is 0.247 e. The van der Waals surface area contributed by atoms with Crippen molar-refractivity contribution in [3.63, 3.8) is 0 Å². The molecule has 102 valence electrons. The fraction of sp³-hybridized carbons (Fsp3) is 0.500. The highest BCUT2D eigenvalue weighted by Crippen LogP contribution is 2.27. The van der Waals surface area contributed by atoms with Gasteiger partial charge in [-0.25, -0.2) is 13.4 Å². The van der Waals surface area contributed by atoms with Gasteiger partial charge in [-0.3, -0.25) is 0 Å². The number of halogens is 1. The number of hydrogen-bond acceptors (Lipinski definition) is 5.